The SMILES string of the molecule is N#Cc1ccc2[nH]cc(NC(=O)N3CCc4cc(-c5ccccc5)ccc4C3)c2c1. The van der Waals surface area contributed by atoms with E-state index in [0.717, 1.165) is 17.3 Å². The Morgan fingerprint density at radius 3 is 2.70 bits per heavy atom. The Balaban J connectivity index is 1.34. The van der Waals surface area contributed by atoms with E-state index in [0.29, 0.717) is 24.3 Å². The standard InChI is InChI=1S/C25H20N4O/c26-14-17-6-9-23-22(12-17)24(15-27-23)28-25(30)29-11-10-20-13-19(7-8-21(20)16-29)18-4-2-1-3-5-18/h1-9,12-13,15,27H,10-11,16H2,(H,28,30). The average Bonchev–Trinajstić information content (AvgIpc) is 3.20. The molecule has 0 atom stereocenters. The molecule has 2 heterocycles. The predicted octanol–water partition coefficient (Wildman–Crippen LogP) is 5.30. The lowest BCUT2D eigenvalue weighted by Crippen LogP contribution is -2.38. The molecule has 1 aliphatic rings. The number of aromatic amines is 1. The van der Waals surface area contributed by atoms with Crippen molar-refractivity contribution in [1.82, 2.24) is 9.88 Å². The number of carbonyl (C=O) groups excluding carboxylic acids is 1. The Kier molecular flexibility index (Phi) is 4.45. The van der Waals surface area contributed by atoms with Crippen molar-refractivity contribution in [2.24, 2.45) is 0 Å². The highest BCUT2D eigenvalue weighted by Gasteiger charge is 2.22. The summed E-state index contributed by atoms with van der Waals surface area (Å²) in [7, 11) is 0. The second kappa shape index (κ2) is 7.41. The number of benzene rings is 3. The van der Waals surface area contributed by atoms with Gasteiger partial charge in [-0.2, -0.15) is 5.26 Å². The molecule has 0 fully saturated rings. The molecule has 0 aliphatic carbocycles. The van der Waals surface area contributed by atoms with Gasteiger partial charge in [0.05, 0.1) is 17.3 Å². The highest BCUT2D eigenvalue weighted by molar-refractivity contribution is 6.01. The van der Waals surface area contributed by atoms with E-state index in [1.165, 1.54) is 22.3 Å². The number of hydrogen-bond donors (Lipinski definition) is 2. The number of fused-ring (bicyclic) bond motifs is 2. The minimum Gasteiger partial charge on any atom is -0.359 e. The number of amides is 2. The zero-order valence-electron chi connectivity index (χ0n) is 16.4. The van der Waals surface area contributed by atoms with E-state index in [2.05, 4.69) is 46.7 Å². The van der Waals surface area contributed by atoms with Gasteiger partial charge >= 0.3 is 6.03 Å². The van der Waals surface area contributed by atoms with E-state index in [-0.39, 0.29) is 6.03 Å². The van der Waals surface area contributed by atoms with Crippen molar-refractivity contribution >= 4 is 22.6 Å². The summed E-state index contributed by atoms with van der Waals surface area (Å²) in [6.07, 6.45) is 2.60. The van der Waals surface area contributed by atoms with E-state index in [1.54, 1.807) is 18.3 Å². The van der Waals surface area contributed by atoms with Gasteiger partial charge < -0.3 is 15.2 Å². The van der Waals surface area contributed by atoms with Crippen LogP contribution in [0.3, 0.4) is 0 Å². The van der Waals surface area contributed by atoms with Crippen molar-refractivity contribution in [2.45, 2.75) is 13.0 Å². The number of carbonyl (C=O) groups is 1. The van der Waals surface area contributed by atoms with Gasteiger partial charge in [0.1, 0.15) is 0 Å². The maximum absolute atomic E-state index is 12.9. The molecule has 1 aliphatic heterocycles. The van der Waals surface area contributed by atoms with Crippen molar-refractivity contribution < 1.29 is 4.79 Å². The van der Waals surface area contributed by atoms with Crippen LogP contribution in [0.15, 0.2) is 72.9 Å². The van der Waals surface area contributed by atoms with Crippen molar-refractivity contribution in [3.63, 3.8) is 0 Å². The normalized spacial score (nSPS) is 13.0. The van der Waals surface area contributed by atoms with Crippen LogP contribution in [-0.4, -0.2) is 22.5 Å². The van der Waals surface area contributed by atoms with Gasteiger partial charge in [-0.05, 0) is 46.9 Å². The first-order valence-corrected chi connectivity index (χ1v) is 9.96. The summed E-state index contributed by atoms with van der Waals surface area (Å²) >= 11 is 0. The maximum atomic E-state index is 12.9. The van der Waals surface area contributed by atoms with E-state index in [4.69, 9.17) is 5.26 Å². The van der Waals surface area contributed by atoms with Crippen LogP contribution in [0.4, 0.5) is 10.5 Å². The van der Waals surface area contributed by atoms with Crippen LogP contribution in [0.2, 0.25) is 0 Å². The number of H-pyrrole nitrogens is 1. The summed E-state index contributed by atoms with van der Waals surface area (Å²) in [5, 5.41) is 13.0. The van der Waals surface area contributed by atoms with E-state index < -0.39 is 0 Å². The zero-order valence-corrected chi connectivity index (χ0v) is 16.4. The molecule has 5 nitrogen and oxygen atoms in total. The van der Waals surface area contributed by atoms with Gasteiger partial charge in [0.2, 0.25) is 0 Å². The highest BCUT2D eigenvalue weighted by Crippen LogP contribution is 2.28. The zero-order chi connectivity index (χ0) is 20.5. The monoisotopic (exact) mass is 392 g/mol. The third-order valence-electron chi connectivity index (χ3n) is 5.67. The van der Waals surface area contributed by atoms with E-state index >= 15 is 0 Å². The molecule has 4 aromatic rings. The average molecular weight is 392 g/mol. The molecule has 0 bridgehead atoms. The first-order valence-electron chi connectivity index (χ1n) is 9.96. The molecule has 0 saturated heterocycles. The summed E-state index contributed by atoms with van der Waals surface area (Å²) in [5.74, 6) is 0. The van der Waals surface area contributed by atoms with Crippen LogP contribution >= 0.6 is 0 Å². The molecule has 0 saturated carbocycles. The lowest BCUT2D eigenvalue weighted by Gasteiger charge is -2.29. The summed E-state index contributed by atoms with van der Waals surface area (Å²) in [6.45, 7) is 1.25. The van der Waals surface area contributed by atoms with Crippen LogP contribution in [0.1, 0.15) is 16.7 Å². The fourth-order valence-electron chi connectivity index (χ4n) is 4.02. The number of urea groups is 1. The number of nitrogens with one attached hydrogen (secondary N) is 2. The second-order valence-corrected chi connectivity index (χ2v) is 7.53. The van der Waals surface area contributed by atoms with E-state index in [1.807, 2.05) is 29.2 Å². The Morgan fingerprint density at radius 2 is 1.87 bits per heavy atom. The van der Waals surface area contributed by atoms with Gasteiger partial charge in [0.15, 0.2) is 0 Å². The van der Waals surface area contributed by atoms with Gasteiger partial charge in [0, 0.05) is 30.2 Å². The highest BCUT2D eigenvalue weighted by atomic mass is 16.2. The molecule has 0 radical (unpaired) electrons. The van der Waals surface area contributed by atoms with Crippen LogP contribution in [0.5, 0.6) is 0 Å². The molecule has 0 unspecified atom stereocenters. The molecule has 1 aromatic heterocycles. The summed E-state index contributed by atoms with van der Waals surface area (Å²) in [6, 6.07) is 24.2. The first kappa shape index (κ1) is 18.0. The van der Waals surface area contributed by atoms with Crippen molar-refractivity contribution in [3.8, 4) is 17.2 Å². The third-order valence-corrected chi connectivity index (χ3v) is 5.67. The van der Waals surface area contributed by atoms with Crippen molar-refractivity contribution in [1.29, 1.82) is 5.26 Å². The second-order valence-electron chi connectivity index (χ2n) is 7.53. The molecule has 2 N–H and O–H groups in total. The third kappa shape index (κ3) is 3.29. The van der Waals surface area contributed by atoms with Gasteiger partial charge in [-0.15, -0.1) is 0 Å². The lowest BCUT2D eigenvalue weighted by molar-refractivity contribution is 0.206. The molecule has 146 valence electrons. The lowest BCUT2D eigenvalue weighted by atomic mass is 9.95. The Morgan fingerprint density at radius 1 is 1.00 bits per heavy atom. The maximum Gasteiger partial charge on any atom is 0.322 e. The van der Waals surface area contributed by atoms with Crippen LogP contribution in [0, 0.1) is 11.3 Å². The number of anilines is 1. The quantitative estimate of drug-likeness (QED) is 0.486. The van der Waals surface area contributed by atoms with Crippen LogP contribution in [0.25, 0.3) is 22.0 Å². The van der Waals surface area contributed by atoms with Crippen LogP contribution in [-0.2, 0) is 13.0 Å². The summed E-state index contributed by atoms with van der Waals surface area (Å²) in [4.78, 5) is 17.9. The van der Waals surface area contributed by atoms with Crippen molar-refractivity contribution in [2.75, 3.05) is 11.9 Å². The predicted molar refractivity (Wildman–Crippen MR) is 118 cm³/mol. The number of rotatable bonds is 2. The fraction of sp³-hybridized carbons (Fsp3) is 0.120. The number of nitriles is 1. The minimum atomic E-state index is -0.129. The largest absolute Gasteiger partial charge is 0.359 e. The molecular weight excluding hydrogens is 372 g/mol. The Bertz CT molecular complexity index is 1280. The number of aromatic nitrogens is 1. The van der Waals surface area contributed by atoms with Crippen molar-refractivity contribution in [3.05, 3.63) is 89.6 Å². The Labute approximate surface area is 174 Å². The van der Waals surface area contributed by atoms with Gasteiger partial charge in [0.25, 0.3) is 0 Å². The number of hydrogen-bond acceptors (Lipinski definition) is 2. The number of nitrogens with zero attached hydrogens (tertiary/aromatic N) is 2. The molecule has 0 spiro atoms. The molecular formula is C25H20N4O. The molecule has 3 aromatic carbocycles. The molecule has 30 heavy (non-hydrogen) atoms. The molecule has 5 heteroatoms. The minimum absolute atomic E-state index is 0.129. The fourth-order valence-corrected chi connectivity index (χ4v) is 4.02. The Hall–Kier alpha value is -4.04. The first-order chi connectivity index (χ1) is 14.7. The smallest absolute Gasteiger partial charge is 0.322 e. The van der Waals surface area contributed by atoms with Gasteiger partial charge in [-0.1, -0.05) is 48.5 Å². The molecule has 2 amide bonds. The summed E-state index contributed by atoms with van der Waals surface area (Å²) in [5.41, 5.74) is 7.04. The summed E-state index contributed by atoms with van der Waals surface area (Å²) < 4.78 is 0. The topological polar surface area (TPSA) is 71.9 Å². The molecule has 5 rings (SSSR count). The van der Waals surface area contributed by atoms with Gasteiger partial charge in [-0.3, -0.25) is 0 Å². The van der Waals surface area contributed by atoms with Crippen LogP contribution < -0.4 is 5.32 Å². The van der Waals surface area contributed by atoms with E-state index in [9.17, 15) is 4.79 Å². The van der Waals surface area contributed by atoms with Gasteiger partial charge in [-0.25, -0.2) is 4.79 Å².